The summed E-state index contributed by atoms with van der Waals surface area (Å²) in [6.07, 6.45) is 1.49. The summed E-state index contributed by atoms with van der Waals surface area (Å²) < 4.78 is 8.14. The van der Waals surface area contributed by atoms with E-state index in [-0.39, 0.29) is 24.6 Å². The number of aryl methyl sites for hydroxylation is 1. The molecule has 0 aliphatic heterocycles. The average molecular weight is 409 g/mol. The quantitative estimate of drug-likeness (QED) is 0.530. The van der Waals surface area contributed by atoms with Gasteiger partial charge in [0.1, 0.15) is 17.0 Å². The van der Waals surface area contributed by atoms with Crippen molar-refractivity contribution < 1.29 is 9.21 Å². The molecular weight excluding hydrogens is 390 g/mol. The second-order valence-corrected chi connectivity index (χ2v) is 7.65. The highest BCUT2D eigenvalue weighted by Gasteiger charge is 2.17. The molecule has 7 nitrogen and oxygen atoms in total. The standard InChI is InChI=1S/C21H19N3O4S/c1-14-4-6-15(7-5-14)11-22-18(25)13-23-17-8-10-29-19(17)20(26)24(21(23)27)12-16-3-2-9-28-16/h2-10H,11-13H2,1H3,(H,22,25). The van der Waals surface area contributed by atoms with E-state index < -0.39 is 5.69 Å². The Morgan fingerprint density at radius 3 is 2.62 bits per heavy atom. The van der Waals surface area contributed by atoms with E-state index in [2.05, 4.69) is 5.32 Å². The minimum atomic E-state index is -0.539. The fraction of sp³-hybridized carbons (Fsp3) is 0.190. The Labute approximate surface area is 169 Å². The van der Waals surface area contributed by atoms with Crippen LogP contribution in [0.5, 0.6) is 0 Å². The number of fused-ring (bicyclic) bond motifs is 1. The van der Waals surface area contributed by atoms with Crippen molar-refractivity contribution in [2.75, 3.05) is 0 Å². The predicted octanol–water partition coefficient (Wildman–Crippen LogP) is 2.49. The summed E-state index contributed by atoms with van der Waals surface area (Å²) >= 11 is 1.25. The molecule has 3 heterocycles. The molecule has 0 saturated heterocycles. The number of thiophene rings is 1. The average Bonchev–Trinajstić information content (AvgIpc) is 3.40. The Morgan fingerprint density at radius 2 is 1.90 bits per heavy atom. The van der Waals surface area contributed by atoms with E-state index in [4.69, 9.17) is 4.42 Å². The molecule has 1 amide bonds. The van der Waals surface area contributed by atoms with Gasteiger partial charge in [-0.25, -0.2) is 4.79 Å². The molecule has 148 valence electrons. The zero-order valence-electron chi connectivity index (χ0n) is 15.8. The van der Waals surface area contributed by atoms with Gasteiger partial charge in [-0.1, -0.05) is 29.8 Å². The molecular formula is C21H19N3O4S. The number of rotatable bonds is 6. The Bertz CT molecular complexity index is 1260. The maximum Gasteiger partial charge on any atom is 0.332 e. The van der Waals surface area contributed by atoms with Gasteiger partial charge >= 0.3 is 5.69 Å². The third-order valence-electron chi connectivity index (χ3n) is 4.64. The third kappa shape index (κ3) is 3.93. The molecule has 8 heteroatoms. The van der Waals surface area contributed by atoms with E-state index in [1.165, 1.54) is 22.2 Å². The minimum absolute atomic E-state index is 0.0174. The van der Waals surface area contributed by atoms with Crippen molar-refractivity contribution in [1.82, 2.24) is 14.5 Å². The summed E-state index contributed by atoms with van der Waals surface area (Å²) in [5.41, 5.74) is 1.66. The number of nitrogens with zero attached hydrogens (tertiary/aromatic N) is 2. The van der Waals surface area contributed by atoms with Gasteiger partial charge in [0.2, 0.25) is 5.91 Å². The van der Waals surface area contributed by atoms with Crippen LogP contribution in [0.15, 0.2) is 68.1 Å². The lowest BCUT2D eigenvalue weighted by Crippen LogP contribution is -2.42. The number of carbonyl (C=O) groups is 1. The smallest absolute Gasteiger partial charge is 0.332 e. The van der Waals surface area contributed by atoms with Crippen LogP contribution in [0.4, 0.5) is 0 Å². The molecule has 0 spiro atoms. The van der Waals surface area contributed by atoms with Crippen LogP contribution in [-0.4, -0.2) is 15.0 Å². The molecule has 0 unspecified atom stereocenters. The summed E-state index contributed by atoms with van der Waals surface area (Å²) in [4.78, 5) is 38.2. The maximum atomic E-state index is 13.0. The summed E-state index contributed by atoms with van der Waals surface area (Å²) in [5, 5.41) is 4.57. The van der Waals surface area contributed by atoms with E-state index in [1.54, 1.807) is 23.6 Å². The summed E-state index contributed by atoms with van der Waals surface area (Å²) in [7, 11) is 0. The topological polar surface area (TPSA) is 86.2 Å². The first-order valence-corrected chi connectivity index (χ1v) is 9.96. The maximum absolute atomic E-state index is 13.0. The summed E-state index contributed by atoms with van der Waals surface area (Å²) in [5.74, 6) is 0.193. The predicted molar refractivity (Wildman–Crippen MR) is 111 cm³/mol. The van der Waals surface area contributed by atoms with Crippen molar-refractivity contribution in [1.29, 1.82) is 0 Å². The number of hydrogen-bond donors (Lipinski definition) is 1. The second-order valence-electron chi connectivity index (χ2n) is 6.74. The number of hydrogen-bond acceptors (Lipinski definition) is 5. The molecule has 0 bridgehead atoms. The van der Waals surface area contributed by atoms with Crippen molar-refractivity contribution in [3.8, 4) is 0 Å². The highest BCUT2D eigenvalue weighted by atomic mass is 32.1. The molecule has 4 aromatic rings. The molecule has 4 rings (SSSR count). The van der Waals surface area contributed by atoms with Crippen molar-refractivity contribution in [3.05, 3.63) is 91.8 Å². The molecule has 0 aliphatic rings. The molecule has 0 fully saturated rings. The molecule has 0 atom stereocenters. The Kier molecular flexibility index (Phi) is 5.18. The van der Waals surface area contributed by atoms with Gasteiger partial charge < -0.3 is 9.73 Å². The van der Waals surface area contributed by atoms with Gasteiger partial charge in [0, 0.05) is 6.54 Å². The van der Waals surface area contributed by atoms with E-state index >= 15 is 0 Å². The van der Waals surface area contributed by atoms with Gasteiger partial charge in [0.15, 0.2) is 0 Å². The molecule has 29 heavy (non-hydrogen) atoms. The number of amides is 1. The van der Waals surface area contributed by atoms with Crippen molar-refractivity contribution in [2.24, 2.45) is 0 Å². The SMILES string of the molecule is Cc1ccc(CNC(=O)Cn2c(=O)n(Cc3ccco3)c(=O)c3sccc32)cc1. The first-order valence-electron chi connectivity index (χ1n) is 9.08. The zero-order valence-corrected chi connectivity index (χ0v) is 16.6. The van der Waals surface area contributed by atoms with Crippen molar-refractivity contribution in [2.45, 2.75) is 26.6 Å². The van der Waals surface area contributed by atoms with Crippen LogP contribution in [0.1, 0.15) is 16.9 Å². The summed E-state index contributed by atoms with van der Waals surface area (Å²) in [6.45, 7) is 2.21. The first-order chi connectivity index (χ1) is 14.0. The Hall–Kier alpha value is -3.39. The highest BCUT2D eigenvalue weighted by Crippen LogP contribution is 2.15. The van der Waals surface area contributed by atoms with Gasteiger partial charge in [0.25, 0.3) is 5.56 Å². The highest BCUT2D eigenvalue weighted by molar-refractivity contribution is 7.17. The molecule has 0 aliphatic carbocycles. The van der Waals surface area contributed by atoms with Crippen LogP contribution in [0.25, 0.3) is 10.2 Å². The number of carbonyl (C=O) groups excluding carboxylic acids is 1. The Balaban J connectivity index is 1.61. The lowest BCUT2D eigenvalue weighted by molar-refractivity contribution is -0.121. The van der Waals surface area contributed by atoms with Crippen molar-refractivity contribution in [3.63, 3.8) is 0 Å². The zero-order chi connectivity index (χ0) is 20.4. The van der Waals surface area contributed by atoms with Crippen LogP contribution in [0.2, 0.25) is 0 Å². The number of benzene rings is 1. The molecule has 0 saturated carbocycles. The summed E-state index contributed by atoms with van der Waals surface area (Å²) in [6, 6.07) is 12.9. The first kappa shape index (κ1) is 18.9. The fourth-order valence-electron chi connectivity index (χ4n) is 3.09. The van der Waals surface area contributed by atoms with Gasteiger partial charge in [-0.15, -0.1) is 11.3 Å². The third-order valence-corrected chi connectivity index (χ3v) is 5.53. The normalized spacial score (nSPS) is 11.1. The van der Waals surface area contributed by atoms with Crippen LogP contribution < -0.4 is 16.6 Å². The monoisotopic (exact) mass is 409 g/mol. The van der Waals surface area contributed by atoms with E-state index in [9.17, 15) is 14.4 Å². The van der Waals surface area contributed by atoms with Gasteiger partial charge in [-0.2, -0.15) is 0 Å². The Morgan fingerprint density at radius 1 is 1.10 bits per heavy atom. The number of furan rings is 1. The number of nitrogens with one attached hydrogen (secondary N) is 1. The fourth-order valence-corrected chi connectivity index (χ4v) is 3.93. The molecule has 0 radical (unpaired) electrons. The lowest BCUT2D eigenvalue weighted by atomic mass is 10.1. The van der Waals surface area contributed by atoms with Crippen LogP contribution in [0.3, 0.4) is 0 Å². The van der Waals surface area contributed by atoms with Crippen LogP contribution in [-0.2, 0) is 24.4 Å². The van der Waals surface area contributed by atoms with E-state index in [0.29, 0.717) is 22.5 Å². The van der Waals surface area contributed by atoms with Gasteiger partial charge in [-0.3, -0.25) is 18.7 Å². The van der Waals surface area contributed by atoms with Crippen LogP contribution >= 0.6 is 11.3 Å². The largest absolute Gasteiger partial charge is 0.467 e. The second kappa shape index (κ2) is 7.92. The van der Waals surface area contributed by atoms with E-state index in [1.807, 2.05) is 31.2 Å². The van der Waals surface area contributed by atoms with Gasteiger partial charge in [0.05, 0.1) is 18.3 Å². The number of aromatic nitrogens is 2. The van der Waals surface area contributed by atoms with Crippen LogP contribution in [0, 0.1) is 6.92 Å². The van der Waals surface area contributed by atoms with Gasteiger partial charge in [-0.05, 0) is 36.1 Å². The molecule has 3 aromatic heterocycles. The van der Waals surface area contributed by atoms with E-state index in [0.717, 1.165) is 15.7 Å². The van der Waals surface area contributed by atoms with Crippen molar-refractivity contribution >= 4 is 27.5 Å². The minimum Gasteiger partial charge on any atom is -0.467 e. The molecule has 1 aromatic carbocycles. The lowest BCUT2D eigenvalue weighted by Gasteiger charge is -2.12. The molecule has 1 N–H and O–H groups in total.